The number of carboxylic acid groups (broad SMARTS) is 2. The molecule has 1 rings (SSSR count). The maximum atomic E-state index is 10.0. The van der Waals surface area contributed by atoms with E-state index in [1.807, 2.05) is 30.4 Å². The summed E-state index contributed by atoms with van der Waals surface area (Å²) in [6.07, 6.45) is 5.49. The molecule has 0 radical (unpaired) electrons. The lowest BCUT2D eigenvalue weighted by molar-refractivity contribution is -0.159. The van der Waals surface area contributed by atoms with Crippen molar-refractivity contribution in [2.24, 2.45) is 0 Å². The number of aliphatic hydroxyl groups is 2. The highest BCUT2D eigenvalue weighted by Crippen LogP contribution is 2.22. The summed E-state index contributed by atoms with van der Waals surface area (Å²) in [5.74, 6) is -2.90. The summed E-state index contributed by atoms with van der Waals surface area (Å²) in [6.45, 7) is 10.7. The summed E-state index contributed by atoms with van der Waals surface area (Å²) in [4.78, 5) is 18.2. The van der Waals surface area contributed by atoms with Gasteiger partial charge in [0.1, 0.15) is 18.5 Å². The van der Waals surface area contributed by atoms with Crippen LogP contribution in [0.1, 0.15) is 31.9 Å². The van der Waals surface area contributed by atoms with Gasteiger partial charge in [0.15, 0.2) is 0 Å². The average Bonchev–Trinajstić information content (AvgIpc) is 2.64. The number of β-amino-alcohol motifs (C(OH)–C–C–N with tert-alkyl or cyclic N) is 1. The van der Waals surface area contributed by atoms with Crippen molar-refractivity contribution in [2.75, 3.05) is 19.8 Å². The van der Waals surface area contributed by atoms with Crippen LogP contribution in [0.5, 0.6) is 5.75 Å². The Kier molecular flexibility index (Phi) is 12.2. The normalized spacial score (nSPS) is 12.0. The Balaban J connectivity index is 0.00000113. The Morgan fingerprint density at radius 1 is 1.24 bits per heavy atom. The van der Waals surface area contributed by atoms with Gasteiger partial charge in [0.2, 0.25) is 0 Å². The van der Waals surface area contributed by atoms with E-state index < -0.39 is 18.0 Å². The number of carboxylic acids is 2. The van der Waals surface area contributed by atoms with Crippen molar-refractivity contribution in [1.82, 2.24) is 5.32 Å². The fourth-order valence-corrected chi connectivity index (χ4v) is 2.02. The van der Waals surface area contributed by atoms with Gasteiger partial charge in [-0.3, -0.25) is 0 Å². The number of ether oxygens (including phenoxy) is 1. The van der Waals surface area contributed by atoms with Gasteiger partial charge in [-0.1, -0.05) is 24.3 Å². The Labute approximate surface area is 171 Å². The molecule has 0 aromatic heterocycles. The molecule has 0 aliphatic rings. The van der Waals surface area contributed by atoms with Crippen LogP contribution in [0.25, 0.3) is 6.08 Å². The van der Waals surface area contributed by atoms with Crippen molar-refractivity contribution in [3.05, 3.63) is 48.1 Å². The van der Waals surface area contributed by atoms with E-state index in [1.165, 1.54) is 0 Å². The van der Waals surface area contributed by atoms with Crippen LogP contribution in [0.4, 0.5) is 0 Å². The molecule has 29 heavy (non-hydrogen) atoms. The molecule has 0 bridgehead atoms. The maximum Gasteiger partial charge on any atom is 0.414 e. The van der Waals surface area contributed by atoms with Crippen molar-refractivity contribution in [3.63, 3.8) is 0 Å². The highest BCUT2D eigenvalue weighted by Gasteiger charge is 2.13. The number of benzene rings is 1. The minimum Gasteiger partial charge on any atom is -0.491 e. The molecule has 0 fully saturated rings. The lowest BCUT2D eigenvalue weighted by Gasteiger charge is -2.23. The molecule has 1 atom stereocenters. The van der Waals surface area contributed by atoms with Crippen LogP contribution < -0.4 is 10.1 Å². The second-order valence-corrected chi connectivity index (χ2v) is 7.15. The predicted molar refractivity (Wildman–Crippen MR) is 111 cm³/mol. The number of aliphatic carboxylic acids is 2. The summed E-state index contributed by atoms with van der Waals surface area (Å²) in [6, 6.07) is 5.82. The molecule has 1 unspecified atom stereocenters. The number of aliphatic hydroxyl groups excluding tert-OH is 2. The minimum atomic E-state index is -1.82. The van der Waals surface area contributed by atoms with Crippen LogP contribution in [0.3, 0.4) is 0 Å². The number of nitrogens with one attached hydrogen (secondary N) is 1. The molecular weight excluding hydrogens is 378 g/mol. The van der Waals surface area contributed by atoms with Gasteiger partial charge in [-0.25, -0.2) is 9.59 Å². The van der Waals surface area contributed by atoms with Gasteiger partial charge in [0, 0.05) is 12.1 Å². The van der Waals surface area contributed by atoms with E-state index in [9.17, 15) is 5.11 Å². The monoisotopic (exact) mass is 409 g/mol. The van der Waals surface area contributed by atoms with E-state index in [0.717, 1.165) is 16.9 Å². The zero-order valence-electron chi connectivity index (χ0n) is 17.1. The summed E-state index contributed by atoms with van der Waals surface area (Å²) in [5.41, 5.74) is 1.98. The molecule has 0 saturated carbocycles. The smallest absolute Gasteiger partial charge is 0.414 e. The molecule has 0 saturated heterocycles. The molecule has 8 nitrogen and oxygen atoms in total. The third kappa shape index (κ3) is 13.2. The SMILES string of the molecule is C=CCc1cc(/C=C/CO)ccc1OCC(O)CNC(C)(C)C.O=C(O)C(=O)O. The van der Waals surface area contributed by atoms with E-state index in [0.29, 0.717) is 13.0 Å². The fraction of sp³-hybridized carbons (Fsp3) is 0.429. The van der Waals surface area contributed by atoms with Gasteiger partial charge >= 0.3 is 11.9 Å². The standard InChI is InChI=1S/C19H29NO3.C2H2O4/c1-5-7-16-12-15(8-6-11-21)9-10-18(16)23-14-17(22)13-20-19(2,3)4;3-1(4)2(5)6/h5-6,8-10,12,17,20-22H,1,7,11,13-14H2,2-4H3;(H,3,4)(H,5,6)/b8-6+;. The van der Waals surface area contributed by atoms with Gasteiger partial charge in [-0.15, -0.1) is 6.58 Å². The van der Waals surface area contributed by atoms with E-state index in [4.69, 9.17) is 29.6 Å². The highest BCUT2D eigenvalue weighted by molar-refractivity contribution is 6.27. The number of hydrogen-bond donors (Lipinski definition) is 5. The lowest BCUT2D eigenvalue weighted by Crippen LogP contribution is -2.42. The Hall–Kier alpha value is -2.68. The van der Waals surface area contributed by atoms with Crippen molar-refractivity contribution in [1.29, 1.82) is 0 Å². The molecule has 0 aliphatic heterocycles. The first-order valence-electron chi connectivity index (χ1n) is 9.03. The van der Waals surface area contributed by atoms with Crippen molar-refractivity contribution >= 4 is 18.0 Å². The first kappa shape index (κ1) is 26.3. The molecule has 1 aromatic rings. The van der Waals surface area contributed by atoms with E-state index in [2.05, 4.69) is 32.7 Å². The quantitative estimate of drug-likeness (QED) is 0.307. The Bertz CT molecular complexity index is 681. The first-order valence-corrected chi connectivity index (χ1v) is 9.03. The van der Waals surface area contributed by atoms with Crippen LogP contribution in [0.15, 0.2) is 36.9 Å². The summed E-state index contributed by atoms with van der Waals surface area (Å²) in [5, 5.41) is 36.9. The van der Waals surface area contributed by atoms with Gasteiger partial charge in [-0.2, -0.15) is 0 Å². The third-order valence-corrected chi connectivity index (χ3v) is 3.35. The van der Waals surface area contributed by atoms with Crippen LogP contribution in [0.2, 0.25) is 0 Å². The van der Waals surface area contributed by atoms with E-state index in [-0.39, 0.29) is 18.8 Å². The largest absolute Gasteiger partial charge is 0.491 e. The van der Waals surface area contributed by atoms with Crippen LogP contribution in [0, 0.1) is 0 Å². The van der Waals surface area contributed by atoms with Gasteiger partial charge in [0.25, 0.3) is 0 Å². The molecule has 1 aromatic carbocycles. The van der Waals surface area contributed by atoms with Crippen LogP contribution >= 0.6 is 0 Å². The highest BCUT2D eigenvalue weighted by atomic mass is 16.5. The topological polar surface area (TPSA) is 136 Å². The first-order chi connectivity index (χ1) is 13.5. The average molecular weight is 409 g/mol. The molecule has 0 aliphatic carbocycles. The van der Waals surface area contributed by atoms with E-state index in [1.54, 1.807) is 6.08 Å². The molecule has 0 amide bonds. The van der Waals surface area contributed by atoms with E-state index >= 15 is 0 Å². The number of carbonyl (C=O) groups is 2. The van der Waals surface area contributed by atoms with Crippen molar-refractivity contribution in [3.8, 4) is 5.75 Å². The van der Waals surface area contributed by atoms with Crippen molar-refractivity contribution in [2.45, 2.75) is 38.8 Å². The van der Waals surface area contributed by atoms with Gasteiger partial charge in [-0.05, 0) is 50.5 Å². The molecule has 0 spiro atoms. The maximum absolute atomic E-state index is 10.0. The zero-order valence-corrected chi connectivity index (χ0v) is 17.1. The van der Waals surface area contributed by atoms with Gasteiger partial charge < -0.3 is 30.5 Å². The van der Waals surface area contributed by atoms with Crippen LogP contribution in [-0.2, 0) is 16.0 Å². The molecule has 0 heterocycles. The number of allylic oxidation sites excluding steroid dienone is 1. The second-order valence-electron chi connectivity index (χ2n) is 7.15. The number of rotatable bonds is 9. The Morgan fingerprint density at radius 3 is 2.34 bits per heavy atom. The third-order valence-electron chi connectivity index (χ3n) is 3.35. The second kappa shape index (κ2) is 13.5. The summed E-state index contributed by atoms with van der Waals surface area (Å²) >= 11 is 0. The minimum absolute atomic E-state index is 0.0159. The van der Waals surface area contributed by atoms with Gasteiger partial charge in [0.05, 0.1) is 6.61 Å². The molecular formula is C21H31NO7. The molecule has 5 N–H and O–H groups in total. The summed E-state index contributed by atoms with van der Waals surface area (Å²) in [7, 11) is 0. The van der Waals surface area contributed by atoms with Crippen LogP contribution in [-0.4, -0.2) is 63.8 Å². The molecule has 8 heteroatoms. The Morgan fingerprint density at radius 2 is 1.86 bits per heavy atom. The predicted octanol–water partition coefficient (Wildman–Crippen LogP) is 1.70. The molecule has 162 valence electrons. The fourth-order valence-electron chi connectivity index (χ4n) is 2.02. The lowest BCUT2D eigenvalue weighted by atomic mass is 10.1. The zero-order chi connectivity index (χ0) is 22.4. The number of hydrogen-bond acceptors (Lipinski definition) is 6. The van der Waals surface area contributed by atoms with Crippen molar-refractivity contribution < 1.29 is 34.8 Å². The summed E-state index contributed by atoms with van der Waals surface area (Å²) < 4.78 is 5.76.